The highest BCUT2D eigenvalue weighted by Gasteiger charge is 2.05. The van der Waals surface area contributed by atoms with Crippen molar-refractivity contribution < 1.29 is 14.3 Å². The molecular weight excluding hydrogens is 320 g/mol. The molecular formula is C18H24N4O3. The molecule has 1 heterocycles. The number of nitrogens with zero attached hydrogens (tertiary/aromatic N) is 2. The van der Waals surface area contributed by atoms with Crippen LogP contribution < -0.4 is 10.6 Å². The van der Waals surface area contributed by atoms with Crippen molar-refractivity contribution in [1.82, 2.24) is 15.1 Å². The summed E-state index contributed by atoms with van der Waals surface area (Å²) in [6, 6.07) is 9.20. The summed E-state index contributed by atoms with van der Waals surface area (Å²) in [5, 5.41) is 9.72. The number of anilines is 1. The summed E-state index contributed by atoms with van der Waals surface area (Å²) in [6.07, 6.45) is 5.54. The Balaban J connectivity index is 1.76. The second kappa shape index (κ2) is 10.2. The van der Waals surface area contributed by atoms with Crippen molar-refractivity contribution in [3.05, 3.63) is 48.3 Å². The average Bonchev–Trinajstić information content (AvgIpc) is 3.10. The van der Waals surface area contributed by atoms with Gasteiger partial charge in [0.05, 0.1) is 0 Å². The van der Waals surface area contributed by atoms with Crippen LogP contribution in [0.3, 0.4) is 0 Å². The van der Waals surface area contributed by atoms with E-state index in [0.717, 1.165) is 18.4 Å². The predicted molar refractivity (Wildman–Crippen MR) is 94.9 cm³/mol. The van der Waals surface area contributed by atoms with E-state index < -0.39 is 0 Å². The van der Waals surface area contributed by atoms with Crippen molar-refractivity contribution >= 4 is 17.5 Å². The van der Waals surface area contributed by atoms with E-state index in [2.05, 4.69) is 15.7 Å². The first kappa shape index (κ1) is 18.7. The minimum absolute atomic E-state index is 0.0178. The van der Waals surface area contributed by atoms with Gasteiger partial charge < -0.3 is 15.4 Å². The monoisotopic (exact) mass is 344 g/mol. The van der Waals surface area contributed by atoms with Crippen LogP contribution >= 0.6 is 0 Å². The Labute approximate surface area is 147 Å². The van der Waals surface area contributed by atoms with E-state index in [-0.39, 0.29) is 18.4 Å². The molecule has 0 saturated carbocycles. The molecule has 2 aromatic rings. The van der Waals surface area contributed by atoms with Gasteiger partial charge in [0, 0.05) is 44.8 Å². The maximum atomic E-state index is 12.0. The molecule has 25 heavy (non-hydrogen) atoms. The fourth-order valence-corrected chi connectivity index (χ4v) is 2.32. The van der Waals surface area contributed by atoms with Gasteiger partial charge in [-0.25, -0.2) is 0 Å². The van der Waals surface area contributed by atoms with Crippen molar-refractivity contribution in [3.8, 4) is 0 Å². The van der Waals surface area contributed by atoms with E-state index in [1.807, 2.05) is 24.3 Å². The zero-order chi connectivity index (χ0) is 17.9. The van der Waals surface area contributed by atoms with Crippen LogP contribution in [-0.4, -0.2) is 35.3 Å². The van der Waals surface area contributed by atoms with Gasteiger partial charge in [0.1, 0.15) is 6.54 Å². The van der Waals surface area contributed by atoms with Crippen molar-refractivity contribution in [2.45, 2.75) is 32.4 Å². The van der Waals surface area contributed by atoms with Gasteiger partial charge in [-0.3, -0.25) is 14.3 Å². The summed E-state index contributed by atoms with van der Waals surface area (Å²) in [4.78, 5) is 23.8. The molecule has 0 spiro atoms. The van der Waals surface area contributed by atoms with Crippen LogP contribution in [0.2, 0.25) is 0 Å². The Morgan fingerprint density at radius 3 is 2.84 bits per heavy atom. The van der Waals surface area contributed by atoms with Crippen LogP contribution in [0.5, 0.6) is 0 Å². The van der Waals surface area contributed by atoms with Crippen molar-refractivity contribution in [3.63, 3.8) is 0 Å². The number of nitrogens with one attached hydrogen (secondary N) is 2. The number of hydrogen-bond acceptors (Lipinski definition) is 4. The number of hydrogen-bond donors (Lipinski definition) is 2. The topological polar surface area (TPSA) is 85.3 Å². The number of ether oxygens (including phenoxy) is 1. The van der Waals surface area contributed by atoms with Gasteiger partial charge >= 0.3 is 0 Å². The standard InChI is InChI=1S/C18H24N4O3/c1-25-11-3-2-8-17(23)19-13-15-6-4-7-16(12-15)21-18(24)14-22-10-5-9-20-22/h4-7,9-10,12H,2-3,8,11,13-14H2,1H3,(H,19,23)(H,21,24). The third-order valence-electron chi connectivity index (χ3n) is 3.57. The van der Waals surface area contributed by atoms with Crippen LogP contribution in [0.25, 0.3) is 0 Å². The number of methoxy groups -OCH3 is 1. The van der Waals surface area contributed by atoms with E-state index in [0.29, 0.717) is 25.3 Å². The van der Waals surface area contributed by atoms with Gasteiger partial charge in [0.2, 0.25) is 11.8 Å². The molecule has 7 nitrogen and oxygen atoms in total. The Hall–Kier alpha value is -2.67. The number of aromatic nitrogens is 2. The number of unbranched alkanes of at least 4 members (excludes halogenated alkanes) is 1. The van der Waals surface area contributed by atoms with Crippen molar-refractivity contribution in [2.75, 3.05) is 19.0 Å². The summed E-state index contributed by atoms with van der Waals surface area (Å²) in [6.45, 7) is 1.27. The molecule has 0 bridgehead atoms. The van der Waals surface area contributed by atoms with Crippen LogP contribution in [0.15, 0.2) is 42.7 Å². The normalized spacial score (nSPS) is 10.4. The Kier molecular flexibility index (Phi) is 7.65. The van der Waals surface area contributed by atoms with Crippen LogP contribution in [-0.2, 0) is 27.4 Å². The summed E-state index contributed by atoms with van der Waals surface area (Å²) >= 11 is 0. The summed E-state index contributed by atoms with van der Waals surface area (Å²) < 4.78 is 6.52. The first-order chi connectivity index (χ1) is 12.2. The Morgan fingerprint density at radius 2 is 2.08 bits per heavy atom. The summed E-state index contributed by atoms with van der Waals surface area (Å²) in [7, 11) is 1.65. The minimum atomic E-state index is -0.150. The fraction of sp³-hybridized carbons (Fsp3) is 0.389. The number of rotatable bonds is 10. The molecule has 2 amide bonds. The second-order valence-corrected chi connectivity index (χ2v) is 5.68. The van der Waals surface area contributed by atoms with Crippen LogP contribution in [0.4, 0.5) is 5.69 Å². The van der Waals surface area contributed by atoms with Gasteiger partial charge in [-0.2, -0.15) is 5.10 Å². The molecule has 0 aliphatic rings. The maximum Gasteiger partial charge on any atom is 0.246 e. The molecule has 1 aromatic heterocycles. The van der Waals surface area contributed by atoms with Gasteiger partial charge in [-0.1, -0.05) is 12.1 Å². The molecule has 0 fully saturated rings. The van der Waals surface area contributed by atoms with Crippen LogP contribution in [0.1, 0.15) is 24.8 Å². The van der Waals surface area contributed by atoms with Gasteiger partial charge in [-0.15, -0.1) is 0 Å². The Bertz CT molecular complexity index is 671. The highest BCUT2D eigenvalue weighted by Crippen LogP contribution is 2.11. The molecule has 2 N–H and O–H groups in total. The highest BCUT2D eigenvalue weighted by molar-refractivity contribution is 5.90. The molecule has 0 radical (unpaired) electrons. The third-order valence-corrected chi connectivity index (χ3v) is 3.57. The lowest BCUT2D eigenvalue weighted by Gasteiger charge is -2.09. The van der Waals surface area contributed by atoms with E-state index in [4.69, 9.17) is 4.74 Å². The van der Waals surface area contributed by atoms with E-state index in [1.54, 1.807) is 30.3 Å². The molecule has 134 valence electrons. The van der Waals surface area contributed by atoms with E-state index in [1.165, 1.54) is 0 Å². The molecule has 7 heteroatoms. The van der Waals surface area contributed by atoms with E-state index in [9.17, 15) is 9.59 Å². The smallest absolute Gasteiger partial charge is 0.246 e. The molecule has 0 aliphatic heterocycles. The Morgan fingerprint density at radius 1 is 1.20 bits per heavy atom. The first-order valence-corrected chi connectivity index (χ1v) is 8.29. The second-order valence-electron chi connectivity index (χ2n) is 5.68. The zero-order valence-electron chi connectivity index (χ0n) is 14.4. The number of carbonyl (C=O) groups is 2. The lowest BCUT2D eigenvalue weighted by Crippen LogP contribution is -2.22. The highest BCUT2D eigenvalue weighted by atomic mass is 16.5. The molecule has 0 atom stereocenters. The molecule has 0 aliphatic carbocycles. The van der Waals surface area contributed by atoms with Crippen molar-refractivity contribution in [1.29, 1.82) is 0 Å². The molecule has 0 saturated heterocycles. The quantitative estimate of drug-likeness (QED) is 0.645. The summed E-state index contributed by atoms with van der Waals surface area (Å²) in [5.74, 6) is -0.132. The predicted octanol–water partition coefficient (Wildman–Crippen LogP) is 1.95. The minimum Gasteiger partial charge on any atom is -0.385 e. The van der Waals surface area contributed by atoms with E-state index >= 15 is 0 Å². The lowest BCUT2D eigenvalue weighted by atomic mass is 10.2. The van der Waals surface area contributed by atoms with Gasteiger partial charge in [-0.05, 0) is 36.6 Å². The average molecular weight is 344 g/mol. The molecule has 0 unspecified atom stereocenters. The number of amides is 2. The summed E-state index contributed by atoms with van der Waals surface area (Å²) in [5.41, 5.74) is 1.63. The van der Waals surface area contributed by atoms with Gasteiger partial charge in [0.25, 0.3) is 0 Å². The lowest BCUT2D eigenvalue weighted by molar-refractivity contribution is -0.121. The SMILES string of the molecule is COCCCCC(=O)NCc1cccc(NC(=O)Cn2cccn2)c1. The molecule has 1 aromatic carbocycles. The molecule has 2 rings (SSSR count). The number of benzene rings is 1. The third kappa shape index (κ3) is 7.17. The maximum absolute atomic E-state index is 12.0. The number of carbonyl (C=O) groups excluding carboxylic acids is 2. The van der Waals surface area contributed by atoms with Crippen molar-refractivity contribution in [2.24, 2.45) is 0 Å². The zero-order valence-corrected chi connectivity index (χ0v) is 14.4. The van der Waals surface area contributed by atoms with Crippen LogP contribution in [0, 0.1) is 0 Å². The van der Waals surface area contributed by atoms with Gasteiger partial charge in [0.15, 0.2) is 0 Å². The largest absolute Gasteiger partial charge is 0.385 e. The first-order valence-electron chi connectivity index (χ1n) is 8.29. The fourth-order valence-electron chi connectivity index (χ4n) is 2.32.